The quantitative estimate of drug-likeness (QED) is 0.740. The normalized spacial score (nSPS) is 45.3. The Morgan fingerprint density at radius 1 is 1.18 bits per heavy atom. The lowest BCUT2D eigenvalue weighted by Crippen LogP contribution is -2.46. The first kappa shape index (κ1) is 16.7. The van der Waals surface area contributed by atoms with E-state index in [4.69, 9.17) is 13.7 Å². The molecule has 0 aromatic carbocycles. The predicted octanol–water partition coefficient (Wildman–Crippen LogP) is 2.41. The van der Waals surface area contributed by atoms with Crippen molar-refractivity contribution in [3.8, 4) is 0 Å². The summed E-state index contributed by atoms with van der Waals surface area (Å²) in [4.78, 5) is 0. The molecule has 0 radical (unpaired) electrons. The van der Waals surface area contributed by atoms with Crippen molar-refractivity contribution in [3.63, 3.8) is 0 Å². The molecular formula is C16H28O5S. The van der Waals surface area contributed by atoms with Crippen molar-refractivity contribution in [1.82, 2.24) is 0 Å². The van der Waals surface area contributed by atoms with Crippen LogP contribution in [0, 0.1) is 29.6 Å². The van der Waals surface area contributed by atoms with Gasteiger partial charge in [0.1, 0.15) is 0 Å². The number of hydrogen-bond donors (Lipinski definition) is 0. The minimum absolute atomic E-state index is 0.103. The van der Waals surface area contributed by atoms with Crippen molar-refractivity contribution in [1.29, 1.82) is 0 Å². The van der Waals surface area contributed by atoms with Crippen LogP contribution in [-0.2, 0) is 23.8 Å². The van der Waals surface area contributed by atoms with Crippen molar-refractivity contribution >= 4 is 10.1 Å². The Bertz CT molecular complexity index is 491. The van der Waals surface area contributed by atoms with Crippen LogP contribution in [-0.4, -0.2) is 40.8 Å². The Balaban J connectivity index is 1.83. The van der Waals surface area contributed by atoms with Gasteiger partial charge < -0.3 is 9.47 Å². The first-order valence-corrected chi connectivity index (χ1v) is 10.2. The second-order valence-corrected chi connectivity index (χ2v) is 8.93. The Hall–Kier alpha value is -0.170. The van der Waals surface area contributed by atoms with Gasteiger partial charge in [0, 0.05) is 13.0 Å². The lowest BCUT2D eigenvalue weighted by atomic mass is 9.57. The third-order valence-electron chi connectivity index (χ3n) is 6.03. The zero-order valence-corrected chi connectivity index (χ0v) is 14.6. The van der Waals surface area contributed by atoms with E-state index in [1.165, 1.54) is 25.7 Å². The number of methoxy groups -OCH3 is 1. The van der Waals surface area contributed by atoms with E-state index in [9.17, 15) is 8.42 Å². The second-order valence-electron chi connectivity index (χ2n) is 7.28. The van der Waals surface area contributed by atoms with Crippen LogP contribution in [0.3, 0.4) is 0 Å². The summed E-state index contributed by atoms with van der Waals surface area (Å²) >= 11 is 0. The summed E-state index contributed by atoms with van der Waals surface area (Å²) in [5, 5.41) is 0. The minimum Gasteiger partial charge on any atom is -0.356 e. The van der Waals surface area contributed by atoms with Gasteiger partial charge in [-0.15, -0.1) is 0 Å². The highest BCUT2D eigenvalue weighted by molar-refractivity contribution is 7.85. The molecule has 2 aliphatic carbocycles. The van der Waals surface area contributed by atoms with Crippen LogP contribution in [0.15, 0.2) is 0 Å². The van der Waals surface area contributed by atoms with Gasteiger partial charge >= 0.3 is 0 Å². The molecule has 0 bridgehead atoms. The van der Waals surface area contributed by atoms with Crippen LogP contribution in [0.5, 0.6) is 0 Å². The molecule has 0 aromatic heterocycles. The smallest absolute Gasteiger partial charge is 0.264 e. The molecule has 0 N–H and O–H groups in total. The number of fused-ring (bicyclic) bond motifs is 2. The molecule has 3 rings (SSSR count). The highest BCUT2D eigenvalue weighted by Crippen LogP contribution is 2.54. The molecule has 0 spiro atoms. The van der Waals surface area contributed by atoms with Crippen LogP contribution in [0.4, 0.5) is 0 Å². The SMILES string of the molecule is CO[C@H]1O[C@@H](C)[C@H]2[C@@H]1C[C@H]1CCCC[C@@H]1[C@H]2COS(C)(=O)=O. The van der Waals surface area contributed by atoms with Gasteiger partial charge in [0.2, 0.25) is 0 Å². The van der Waals surface area contributed by atoms with Gasteiger partial charge in [-0.1, -0.05) is 19.3 Å². The summed E-state index contributed by atoms with van der Waals surface area (Å²) in [7, 11) is -1.70. The summed E-state index contributed by atoms with van der Waals surface area (Å²) < 4.78 is 39.7. The summed E-state index contributed by atoms with van der Waals surface area (Å²) in [5.74, 6) is 2.20. The van der Waals surface area contributed by atoms with Crippen LogP contribution in [0.2, 0.25) is 0 Å². The van der Waals surface area contributed by atoms with E-state index in [0.29, 0.717) is 30.3 Å². The average Bonchev–Trinajstić information content (AvgIpc) is 2.79. The molecule has 3 fully saturated rings. The summed E-state index contributed by atoms with van der Waals surface area (Å²) in [5.41, 5.74) is 0. The summed E-state index contributed by atoms with van der Waals surface area (Å²) in [6.07, 6.45) is 7.20. The van der Waals surface area contributed by atoms with E-state index >= 15 is 0 Å². The average molecular weight is 332 g/mol. The lowest BCUT2D eigenvalue weighted by molar-refractivity contribution is -0.132. The molecule has 22 heavy (non-hydrogen) atoms. The molecule has 5 nitrogen and oxygen atoms in total. The molecule has 1 aliphatic heterocycles. The van der Waals surface area contributed by atoms with Crippen molar-refractivity contribution < 1.29 is 22.1 Å². The molecule has 128 valence electrons. The minimum atomic E-state index is -3.40. The maximum absolute atomic E-state index is 11.4. The van der Waals surface area contributed by atoms with E-state index in [1.807, 2.05) is 0 Å². The Morgan fingerprint density at radius 3 is 2.59 bits per heavy atom. The zero-order chi connectivity index (χ0) is 15.9. The molecule has 6 heteroatoms. The molecule has 2 saturated carbocycles. The lowest BCUT2D eigenvalue weighted by Gasteiger charge is -2.47. The standard InChI is InChI=1S/C16H28O5S/c1-10-15-13(16(19-2)21-10)8-11-6-4-5-7-12(11)14(15)9-20-22(3,17)18/h10-16H,4-9H2,1-3H3/t10-,11+,12-,13-,14+,15-,16-/m0/s1. The van der Waals surface area contributed by atoms with Gasteiger partial charge in [0.25, 0.3) is 10.1 Å². The predicted molar refractivity (Wildman–Crippen MR) is 82.7 cm³/mol. The highest BCUT2D eigenvalue weighted by Gasteiger charge is 2.54. The van der Waals surface area contributed by atoms with E-state index < -0.39 is 10.1 Å². The number of hydrogen-bond acceptors (Lipinski definition) is 5. The van der Waals surface area contributed by atoms with Gasteiger partial charge in [-0.3, -0.25) is 4.18 Å². The van der Waals surface area contributed by atoms with Crippen LogP contribution in [0.25, 0.3) is 0 Å². The zero-order valence-electron chi connectivity index (χ0n) is 13.7. The monoisotopic (exact) mass is 332 g/mol. The van der Waals surface area contributed by atoms with E-state index in [2.05, 4.69) is 6.92 Å². The number of rotatable bonds is 4. The molecule has 1 saturated heterocycles. The van der Waals surface area contributed by atoms with Gasteiger partial charge in [-0.2, -0.15) is 8.42 Å². The van der Waals surface area contributed by atoms with Gasteiger partial charge in [-0.05, 0) is 43.4 Å². The third kappa shape index (κ3) is 3.21. The number of ether oxygens (including phenoxy) is 2. The summed E-state index contributed by atoms with van der Waals surface area (Å²) in [6.45, 7) is 2.39. The van der Waals surface area contributed by atoms with Crippen LogP contribution >= 0.6 is 0 Å². The van der Waals surface area contributed by atoms with E-state index in [0.717, 1.165) is 12.7 Å². The first-order chi connectivity index (χ1) is 10.4. The Kier molecular flexibility index (Phi) is 4.84. The molecule has 1 heterocycles. The third-order valence-corrected chi connectivity index (χ3v) is 6.59. The molecular weight excluding hydrogens is 304 g/mol. The Labute approximate surface area is 133 Å². The van der Waals surface area contributed by atoms with Gasteiger partial charge in [-0.25, -0.2) is 0 Å². The Morgan fingerprint density at radius 2 is 1.91 bits per heavy atom. The molecule has 0 amide bonds. The van der Waals surface area contributed by atoms with Gasteiger partial charge in [0.05, 0.1) is 19.0 Å². The summed E-state index contributed by atoms with van der Waals surface area (Å²) in [6, 6.07) is 0. The molecule has 3 aliphatic rings. The largest absolute Gasteiger partial charge is 0.356 e. The highest BCUT2D eigenvalue weighted by atomic mass is 32.2. The fourth-order valence-corrected chi connectivity index (χ4v) is 5.67. The maximum atomic E-state index is 11.4. The fourth-order valence-electron chi connectivity index (χ4n) is 5.26. The topological polar surface area (TPSA) is 61.8 Å². The molecule has 7 atom stereocenters. The van der Waals surface area contributed by atoms with Crippen molar-refractivity contribution in [2.75, 3.05) is 20.0 Å². The van der Waals surface area contributed by atoms with E-state index in [1.54, 1.807) is 7.11 Å². The second kappa shape index (κ2) is 6.38. The van der Waals surface area contributed by atoms with E-state index in [-0.39, 0.29) is 18.3 Å². The van der Waals surface area contributed by atoms with Crippen molar-refractivity contribution in [3.05, 3.63) is 0 Å². The first-order valence-electron chi connectivity index (χ1n) is 8.43. The maximum Gasteiger partial charge on any atom is 0.264 e. The van der Waals surface area contributed by atoms with Crippen LogP contribution in [0.1, 0.15) is 39.0 Å². The van der Waals surface area contributed by atoms with Crippen LogP contribution < -0.4 is 0 Å². The van der Waals surface area contributed by atoms with Crippen molar-refractivity contribution in [2.45, 2.75) is 51.4 Å². The van der Waals surface area contributed by atoms with Gasteiger partial charge in [0.15, 0.2) is 6.29 Å². The van der Waals surface area contributed by atoms with Crippen molar-refractivity contribution in [2.24, 2.45) is 29.6 Å². The molecule has 0 unspecified atom stereocenters. The molecule has 0 aromatic rings. The fraction of sp³-hybridized carbons (Fsp3) is 1.00.